The Labute approximate surface area is 150 Å². The van der Waals surface area contributed by atoms with Crippen molar-refractivity contribution in [2.75, 3.05) is 5.32 Å². The van der Waals surface area contributed by atoms with Gasteiger partial charge in [0.05, 0.1) is 6.26 Å². The second kappa shape index (κ2) is 8.43. The number of carbonyl (C=O) groups excluding carboxylic acids is 2. The number of benzene rings is 1. The summed E-state index contributed by atoms with van der Waals surface area (Å²) in [4.78, 5) is 27.7. The van der Waals surface area contributed by atoms with Crippen molar-refractivity contribution in [1.82, 2.24) is 10.3 Å². The Kier molecular flexibility index (Phi) is 5.57. The van der Waals surface area contributed by atoms with Crippen molar-refractivity contribution in [3.05, 3.63) is 90.2 Å². The van der Waals surface area contributed by atoms with Gasteiger partial charge in [0.1, 0.15) is 0 Å². The van der Waals surface area contributed by atoms with Gasteiger partial charge < -0.3 is 15.1 Å². The second-order valence-electron chi connectivity index (χ2n) is 5.47. The summed E-state index contributed by atoms with van der Waals surface area (Å²) >= 11 is 0. The monoisotopic (exact) mass is 347 g/mol. The van der Waals surface area contributed by atoms with Gasteiger partial charge in [-0.15, -0.1) is 0 Å². The molecule has 3 aromatic rings. The maximum absolute atomic E-state index is 11.9. The van der Waals surface area contributed by atoms with E-state index in [1.807, 2.05) is 24.3 Å². The molecule has 26 heavy (non-hydrogen) atoms. The molecule has 0 radical (unpaired) electrons. The van der Waals surface area contributed by atoms with Gasteiger partial charge in [-0.3, -0.25) is 14.6 Å². The number of nitrogens with one attached hydrogen (secondary N) is 2. The van der Waals surface area contributed by atoms with Crippen molar-refractivity contribution in [1.29, 1.82) is 0 Å². The van der Waals surface area contributed by atoms with Crippen molar-refractivity contribution < 1.29 is 14.0 Å². The number of anilines is 1. The maximum atomic E-state index is 11.9. The van der Waals surface area contributed by atoms with E-state index in [1.54, 1.807) is 42.7 Å². The third-order valence-electron chi connectivity index (χ3n) is 3.54. The first-order valence-corrected chi connectivity index (χ1v) is 8.00. The highest BCUT2D eigenvalue weighted by atomic mass is 16.3. The van der Waals surface area contributed by atoms with Gasteiger partial charge >= 0.3 is 0 Å². The van der Waals surface area contributed by atoms with Crippen LogP contribution in [0, 0.1) is 0 Å². The van der Waals surface area contributed by atoms with E-state index in [4.69, 9.17) is 4.42 Å². The number of pyridine rings is 1. The van der Waals surface area contributed by atoms with Crippen LogP contribution in [0.3, 0.4) is 0 Å². The third kappa shape index (κ3) is 4.91. The van der Waals surface area contributed by atoms with E-state index in [0.717, 1.165) is 11.1 Å². The van der Waals surface area contributed by atoms with Crippen LogP contribution in [0.2, 0.25) is 0 Å². The second-order valence-corrected chi connectivity index (χ2v) is 5.47. The minimum Gasteiger partial charge on any atom is -0.459 e. The van der Waals surface area contributed by atoms with E-state index in [1.165, 1.54) is 12.3 Å². The van der Waals surface area contributed by atoms with E-state index >= 15 is 0 Å². The fourth-order valence-corrected chi connectivity index (χ4v) is 2.20. The lowest BCUT2D eigenvalue weighted by molar-refractivity contribution is -0.116. The molecule has 2 N–H and O–H groups in total. The molecular weight excluding hydrogens is 330 g/mol. The SMILES string of the molecule is O=C(C=Cc1cccnc1)NCc1ccc(NC(=O)c2ccco2)cc1. The van der Waals surface area contributed by atoms with E-state index in [2.05, 4.69) is 15.6 Å². The molecule has 2 aromatic heterocycles. The van der Waals surface area contributed by atoms with Gasteiger partial charge in [-0.1, -0.05) is 18.2 Å². The number of hydrogen-bond acceptors (Lipinski definition) is 4. The smallest absolute Gasteiger partial charge is 0.291 e. The van der Waals surface area contributed by atoms with Crippen molar-refractivity contribution in [2.24, 2.45) is 0 Å². The Balaban J connectivity index is 1.49. The molecule has 0 aliphatic heterocycles. The lowest BCUT2D eigenvalue weighted by atomic mass is 10.2. The summed E-state index contributed by atoms with van der Waals surface area (Å²) in [5.41, 5.74) is 2.43. The van der Waals surface area contributed by atoms with Gasteiger partial charge in [0.15, 0.2) is 5.76 Å². The van der Waals surface area contributed by atoms with Crippen LogP contribution in [0.15, 0.2) is 77.7 Å². The van der Waals surface area contributed by atoms with Crippen LogP contribution in [0.1, 0.15) is 21.7 Å². The quantitative estimate of drug-likeness (QED) is 0.670. The van der Waals surface area contributed by atoms with Crippen LogP contribution in [-0.4, -0.2) is 16.8 Å². The summed E-state index contributed by atoms with van der Waals surface area (Å²) < 4.78 is 5.04. The lowest BCUT2D eigenvalue weighted by Crippen LogP contribution is -2.20. The minimum atomic E-state index is -0.309. The lowest BCUT2D eigenvalue weighted by Gasteiger charge is -2.06. The molecule has 3 rings (SSSR count). The van der Waals surface area contributed by atoms with Crippen molar-refractivity contribution in [3.8, 4) is 0 Å². The van der Waals surface area contributed by atoms with E-state index in [0.29, 0.717) is 12.2 Å². The summed E-state index contributed by atoms with van der Waals surface area (Å²) in [6.07, 6.45) is 7.98. The third-order valence-corrected chi connectivity index (χ3v) is 3.54. The number of furan rings is 1. The molecule has 130 valence electrons. The molecule has 0 saturated heterocycles. The first-order chi connectivity index (χ1) is 12.7. The fraction of sp³-hybridized carbons (Fsp3) is 0.0500. The molecule has 0 fully saturated rings. The van der Waals surface area contributed by atoms with Crippen LogP contribution in [0.25, 0.3) is 6.08 Å². The van der Waals surface area contributed by atoms with Gasteiger partial charge in [-0.05, 0) is 47.5 Å². The van der Waals surface area contributed by atoms with Gasteiger partial charge in [0, 0.05) is 30.7 Å². The van der Waals surface area contributed by atoms with E-state index < -0.39 is 0 Å². The number of nitrogens with zero attached hydrogens (tertiary/aromatic N) is 1. The predicted molar refractivity (Wildman–Crippen MR) is 98.2 cm³/mol. The molecule has 0 spiro atoms. The summed E-state index contributed by atoms with van der Waals surface area (Å²) in [5, 5.41) is 5.54. The highest BCUT2D eigenvalue weighted by Crippen LogP contribution is 2.11. The summed E-state index contributed by atoms with van der Waals surface area (Å²) in [6, 6.07) is 14.1. The average molecular weight is 347 g/mol. The average Bonchev–Trinajstić information content (AvgIpc) is 3.22. The Morgan fingerprint density at radius 1 is 1.08 bits per heavy atom. The molecule has 1 aromatic carbocycles. The Morgan fingerprint density at radius 3 is 2.62 bits per heavy atom. The summed E-state index contributed by atoms with van der Waals surface area (Å²) in [6.45, 7) is 0.391. The van der Waals surface area contributed by atoms with Crippen LogP contribution in [0.5, 0.6) is 0 Å². The summed E-state index contributed by atoms with van der Waals surface area (Å²) in [5.74, 6) is -0.248. The number of amides is 2. The molecule has 0 unspecified atom stereocenters. The molecular formula is C20H17N3O3. The van der Waals surface area contributed by atoms with Gasteiger partial charge in [0.25, 0.3) is 5.91 Å². The van der Waals surface area contributed by atoms with Crippen LogP contribution < -0.4 is 10.6 Å². The minimum absolute atomic E-state index is 0.191. The normalized spacial score (nSPS) is 10.6. The van der Waals surface area contributed by atoms with Gasteiger partial charge in [0.2, 0.25) is 5.91 Å². The van der Waals surface area contributed by atoms with Crippen LogP contribution >= 0.6 is 0 Å². The Morgan fingerprint density at radius 2 is 1.92 bits per heavy atom. The highest BCUT2D eigenvalue weighted by molar-refractivity contribution is 6.02. The van der Waals surface area contributed by atoms with E-state index in [9.17, 15) is 9.59 Å². The van der Waals surface area contributed by atoms with Crippen molar-refractivity contribution in [3.63, 3.8) is 0 Å². The molecule has 0 aliphatic rings. The zero-order valence-corrected chi connectivity index (χ0v) is 13.9. The zero-order chi connectivity index (χ0) is 18.2. The topological polar surface area (TPSA) is 84.2 Å². The standard InChI is InChI=1S/C20H17N3O3/c24-19(10-7-15-3-1-11-21-13-15)22-14-16-5-8-17(9-6-16)23-20(25)18-4-2-12-26-18/h1-13H,14H2,(H,22,24)(H,23,25). The summed E-state index contributed by atoms with van der Waals surface area (Å²) in [7, 11) is 0. The maximum Gasteiger partial charge on any atom is 0.291 e. The molecule has 0 saturated carbocycles. The Hall–Kier alpha value is -3.67. The molecule has 0 atom stereocenters. The first kappa shape index (κ1) is 17.2. The first-order valence-electron chi connectivity index (χ1n) is 8.00. The van der Waals surface area contributed by atoms with Gasteiger partial charge in [-0.25, -0.2) is 0 Å². The highest BCUT2D eigenvalue weighted by Gasteiger charge is 2.08. The molecule has 2 amide bonds. The van der Waals surface area contributed by atoms with Gasteiger partial charge in [-0.2, -0.15) is 0 Å². The molecule has 2 heterocycles. The number of hydrogen-bond donors (Lipinski definition) is 2. The fourth-order valence-electron chi connectivity index (χ4n) is 2.20. The molecule has 6 heteroatoms. The zero-order valence-electron chi connectivity index (χ0n) is 13.9. The number of aromatic nitrogens is 1. The van der Waals surface area contributed by atoms with Crippen LogP contribution in [-0.2, 0) is 11.3 Å². The largest absolute Gasteiger partial charge is 0.459 e. The van der Waals surface area contributed by atoms with Crippen LogP contribution in [0.4, 0.5) is 5.69 Å². The molecule has 0 bridgehead atoms. The van der Waals surface area contributed by atoms with Crippen molar-refractivity contribution >= 4 is 23.6 Å². The van der Waals surface area contributed by atoms with E-state index in [-0.39, 0.29) is 17.6 Å². The molecule has 6 nitrogen and oxygen atoms in total. The Bertz CT molecular complexity index is 886. The number of rotatable bonds is 6. The number of carbonyl (C=O) groups is 2. The van der Waals surface area contributed by atoms with Crippen molar-refractivity contribution in [2.45, 2.75) is 6.54 Å². The predicted octanol–water partition coefficient (Wildman–Crippen LogP) is 3.26. The molecule has 0 aliphatic carbocycles.